The van der Waals surface area contributed by atoms with Gasteiger partial charge in [0, 0.05) is 25.5 Å². The van der Waals surface area contributed by atoms with Crippen LogP contribution >= 0.6 is 0 Å². The normalized spacial score (nSPS) is 10.8. The van der Waals surface area contributed by atoms with E-state index in [1.165, 1.54) is 22.3 Å². The van der Waals surface area contributed by atoms with E-state index in [-0.39, 0.29) is 0 Å². The first-order valence-electron chi connectivity index (χ1n) is 5.54. The van der Waals surface area contributed by atoms with Crippen molar-refractivity contribution in [2.45, 2.75) is 20.4 Å². The lowest BCUT2D eigenvalue weighted by molar-refractivity contribution is 0.824. The van der Waals surface area contributed by atoms with Crippen LogP contribution in [0.2, 0.25) is 0 Å². The fourth-order valence-corrected chi connectivity index (χ4v) is 2.10. The van der Waals surface area contributed by atoms with Gasteiger partial charge in [-0.15, -0.1) is 0 Å². The van der Waals surface area contributed by atoms with Gasteiger partial charge in [-0.3, -0.25) is 0 Å². The smallest absolute Gasteiger partial charge is 0.0334 e. The summed E-state index contributed by atoms with van der Waals surface area (Å²) in [5.41, 5.74) is 12.0. The number of benzene rings is 1. The van der Waals surface area contributed by atoms with Crippen molar-refractivity contribution in [2.24, 2.45) is 12.8 Å². The van der Waals surface area contributed by atoms with E-state index < -0.39 is 0 Å². The summed E-state index contributed by atoms with van der Waals surface area (Å²) in [6.45, 7) is 4.85. The number of hydrogen-bond acceptors (Lipinski definition) is 1. The van der Waals surface area contributed by atoms with Crippen molar-refractivity contribution < 1.29 is 0 Å². The van der Waals surface area contributed by atoms with Gasteiger partial charge in [0.2, 0.25) is 0 Å². The average molecular weight is 214 g/mol. The molecule has 1 aromatic heterocycles. The molecule has 2 rings (SSSR count). The number of nitrogens with zero attached hydrogens (tertiary/aromatic N) is 1. The molecule has 0 radical (unpaired) electrons. The third-order valence-electron chi connectivity index (χ3n) is 3.01. The zero-order valence-electron chi connectivity index (χ0n) is 10.1. The van der Waals surface area contributed by atoms with Crippen LogP contribution in [0.1, 0.15) is 16.8 Å². The molecule has 1 aromatic carbocycles. The molecule has 2 heteroatoms. The molecule has 0 aliphatic carbocycles. The topological polar surface area (TPSA) is 30.9 Å². The Kier molecular flexibility index (Phi) is 2.84. The predicted molar refractivity (Wildman–Crippen MR) is 68.2 cm³/mol. The highest BCUT2D eigenvalue weighted by molar-refractivity contribution is 5.67. The average Bonchev–Trinajstić information content (AvgIpc) is 2.59. The molecule has 1 heterocycles. The molecule has 0 bridgehead atoms. The Morgan fingerprint density at radius 1 is 1.19 bits per heavy atom. The quantitative estimate of drug-likeness (QED) is 0.818. The fourth-order valence-electron chi connectivity index (χ4n) is 2.10. The van der Waals surface area contributed by atoms with Crippen molar-refractivity contribution >= 4 is 0 Å². The lowest BCUT2D eigenvalue weighted by Crippen LogP contribution is -2.01. The van der Waals surface area contributed by atoms with Gasteiger partial charge in [0.15, 0.2) is 0 Å². The highest BCUT2D eigenvalue weighted by atomic mass is 14.9. The zero-order valence-corrected chi connectivity index (χ0v) is 10.1. The summed E-state index contributed by atoms with van der Waals surface area (Å²) in [4.78, 5) is 0. The van der Waals surface area contributed by atoms with Crippen LogP contribution in [0.25, 0.3) is 11.1 Å². The van der Waals surface area contributed by atoms with Gasteiger partial charge < -0.3 is 10.3 Å². The molecule has 16 heavy (non-hydrogen) atoms. The Morgan fingerprint density at radius 2 is 1.94 bits per heavy atom. The second kappa shape index (κ2) is 4.14. The molecule has 0 spiro atoms. The number of aromatic nitrogens is 1. The van der Waals surface area contributed by atoms with Crippen LogP contribution in [0.15, 0.2) is 30.5 Å². The molecule has 2 aromatic rings. The van der Waals surface area contributed by atoms with E-state index in [1.54, 1.807) is 0 Å². The largest absolute Gasteiger partial charge is 0.353 e. The van der Waals surface area contributed by atoms with E-state index in [0.29, 0.717) is 6.54 Å². The Bertz CT molecular complexity index is 509. The predicted octanol–water partition coefficient (Wildman–Crippen LogP) is 2.77. The second-order valence-corrected chi connectivity index (χ2v) is 4.35. The van der Waals surface area contributed by atoms with Crippen molar-refractivity contribution in [3.05, 3.63) is 47.3 Å². The van der Waals surface area contributed by atoms with Crippen molar-refractivity contribution in [2.75, 3.05) is 0 Å². The molecule has 0 saturated heterocycles. The van der Waals surface area contributed by atoms with Crippen molar-refractivity contribution in [3.8, 4) is 11.1 Å². The SMILES string of the molecule is Cc1ccc(-c2cc(CN)n(C)c2)c(C)c1. The molecule has 2 N–H and O–H groups in total. The number of aryl methyl sites for hydroxylation is 3. The van der Waals surface area contributed by atoms with Gasteiger partial charge >= 0.3 is 0 Å². The molecule has 0 aliphatic rings. The molecule has 0 aliphatic heterocycles. The van der Waals surface area contributed by atoms with E-state index in [1.807, 2.05) is 7.05 Å². The van der Waals surface area contributed by atoms with E-state index in [4.69, 9.17) is 5.73 Å². The third kappa shape index (κ3) is 1.89. The molecule has 84 valence electrons. The summed E-state index contributed by atoms with van der Waals surface area (Å²) in [6.07, 6.45) is 2.14. The maximum Gasteiger partial charge on any atom is 0.0334 e. The van der Waals surface area contributed by atoms with Crippen molar-refractivity contribution in [1.29, 1.82) is 0 Å². The molecule has 2 nitrogen and oxygen atoms in total. The summed E-state index contributed by atoms with van der Waals surface area (Å²) in [6, 6.07) is 8.71. The van der Waals surface area contributed by atoms with Crippen LogP contribution < -0.4 is 5.73 Å². The number of hydrogen-bond donors (Lipinski definition) is 1. The molecule has 0 atom stereocenters. The van der Waals surface area contributed by atoms with Gasteiger partial charge in [0.1, 0.15) is 0 Å². The lowest BCUT2D eigenvalue weighted by atomic mass is 10.0. The fraction of sp³-hybridized carbons (Fsp3) is 0.286. The molecule has 0 saturated carbocycles. The molecule has 0 unspecified atom stereocenters. The standard InChI is InChI=1S/C14H18N2/c1-10-4-5-14(11(2)6-10)12-7-13(8-15)16(3)9-12/h4-7,9H,8,15H2,1-3H3. The first kappa shape index (κ1) is 11.0. The van der Waals surface area contributed by atoms with E-state index in [9.17, 15) is 0 Å². The van der Waals surface area contributed by atoms with Gasteiger partial charge in [0.05, 0.1) is 0 Å². The summed E-state index contributed by atoms with van der Waals surface area (Å²) in [7, 11) is 2.04. The summed E-state index contributed by atoms with van der Waals surface area (Å²) >= 11 is 0. The minimum absolute atomic E-state index is 0.585. The minimum atomic E-state index is 0.585. The molecular weight excluding hydrogens is 196 g/mol. The number of nitrogens with two attached hydrogens (primary N) is 1. The lowest BCUT2D eigenvalue weighted by Gasteiger charge is -2.04. The maximum atomic E-state index is 5.68. The van der Waals surface area contributed by atoms with Gasteiger partial charge in [-0.2, -0.15) is 0 Å². The second-order valence-electron chi connectivity index (χ2n) is 4.35. The van der Waals surface area contributed by atoms with Gasteiger partial charge in [-0.05, 0) is 36.6 Å². The zero-order chi connectivity index (χ0) is 11.7. The Labute approximate surface area is 96.7 Å². The van der Waals surface area contributed by atoms with Gasteiger partial charge in [-0.25, -0.2) is 0 Å². The molecular formula is C14H18N2. The summed E-state index contributed by atoms with van der Waals surface area (Å²) < 4.78 is 2.09. The number of rotatable bonds is 2. The summed E-state index contributed by atoms with van der Waals surface area (Å²) in [5.74, 6) is 0. The molecule has 0 fully saturated rings. The van der Waals surface area contributed by atoms with E-state index in [0.717, 1.165) is 5.69 Å². The van der Waals surface area contributed by atoms with E-state index >= 15 is 0 Å². The van der Waals surface area contributed by atoms with Crippen LogP contribution in [-0.4, -0.2) is 4.57 Å². The maximum absolute atomic E-state index is 5.68. The first-order valence-corrected chi connectivity index (χ1v) is 5.54. The minimum Gasteiger partial charge on any atom is -0.353 e. The van der Waals surface area contributed by atoms with Crippen LogP contribution in [0.3, 0.4) is 0 Å². The summed E-state index contributed by atoms with van der Waals surface area (Å²) in [5, 5.41) is 0. The monoisotopic (exact) mass is 214 g/mol. The van der Waals surface area contributed by atoms with Gasteiger partial charge in [0.25, 0.3) is 0 Å². The highest BCUT2D eigenvalue weighted by Crippen LogP contribution is 2.25. The van der Waals surface area contributed by atoms with Crippen LogP contribution in [-0.2, 0) is 13.6 Å². The van der Waals surface area contributed by atoms with Gasteiger partial charge in [-0.1, -0.05) is 23.8 Å². The van der Waals surface area contributed by atoms with Crippen molar-refractivity contribution in [3.63, 3.8) is 0 Å². The van der Waals surface area contributed by atoms with E-state index in [2.05, 4.69) is 48.9 Å². The Balaban J connectivity index is 2.50. The van der Waals surface area contributed by atoms with Crippen LogP contribution in [0.4, 0.5) is 0 Å². The highest BCUT2D eigenvalue weighted by Gasteiger charge is 2.06. The van der Waals surface area contributed by atoms with Crippen LogP contribution in [0.5, 0.6) is 0 Å². The Hall–Kier alpha value is -1.54. The first-order chi connectivity index (χ1) is 7.61. The third-order valence-corrected chi connectivity index (χ3v) is 3.01. The van der Waals surface area contributed by atoms with Crippen molar-refractivity contribution in [1.82, 2.24) is 4.57 Å². The van der Waals surface area contributed by atoms with Crippen LogP contribution in [0, 0.1) is 13.8 Å². The molecule has 0 amide bonds. The Morgan fingerprint density at radius 3 is 2.50 bits per heavy atom.